The van der Waals surface area contributed by atoms with Crippen molar-refractivity contribution in [3.63, 3.8) is 0 Å². The zero-order valence-corrected chi connectivity index (χ0v) is 20.1. The molecular weight excluding hydrogens is 471 g/mol. The number of carbonyl (C=O) groups is 2. The molecule has 2 aromatic carbocycles. The summed E-state index contributed by atoms with van der Waals surface area (Å²) in [7, 11) is 0. The fourth-order valence-corrected chi connectivity index (χ4v) is 4.28. The van der Waals surface area contributed by atoms with Gasteiger partial charge in [0.2, 0.25) is 17.6 Å². The van der Waals surface area contributed by atoms with Crippen LogP contribution in [0.4, 0.5) is 10.1 Å². The third-order valence-corrected chi connectivity index (χ3v) is 6.12. The molecule has 0 aliphatic heterocycles. The van der Waals surface area contributed by atoms with Crippen LogP contribution in [0.5, 0.6) is 0 Å². The van der Waals surface area contributed by atoms with Gasteiger partial charge in [0.15, 0.2) is 5.16 Å². The van der Waals surface area contributed by atoms with Crippen LogP contribution < -0.4 is 16.2 Å². The lowest BCUT2D eigenvalue weighted by Crippen LogP contribution is -2.30. The molecule has 0 unspecified atom stereocenters. The minimum Gasteiger partial charge on any atom is -0.356 e. The molecule has 0 atom stereocenters. The van der Waals surface area contributed by atoms with Crippen LogP contribution in [0.3, 0.4) is 0 Å². The van der Waals surface area contributed by atoms with Gasteiger partial charge in [-0.05, 0) is 36.2 Å². The number of aryl methyl sites for hydroxylation is 1. The van der Waals surface area contributed by atoms with Crippen LogP contribution >= 0.6 is 11.8 Å². The van der Waals surface area contributed by atoms with Crippen molar-refractivity contribution >= 4 is 45.9 Å². The number of nitrogens with one attached hydrogen (secondary N) is 2. The highest BCUT2D eigenvalue weighted by Gasteiger charge is 2.18. The Labute approximate surface area is 204 Å². The van der Waals surface area contributed by atoms with Gasteiger partial charge in [0.05, 0.1) is 16.7 Å². The van der Waals surface area contributed by atoms with Crippen LogP contribution in [-0.2, 0) is 16.1 Å². The monoisotopic (exact) mass is 496 g/mol. The first-order valence-electron chi connectivity index (χ1n) is 11.1. The summed E-state index contributed by atoms with van der Waals surface area (Å²) in [6.07, 6.45) is 0.117. The van der Waals surface area contributed by atoms with Gasteiger partial charge in [0, 0.05) is 25.2 Å². The van der Waals surface area contributed by atoms with E-state index in [1.54, 1.807) is 34.7 Å². The molecule has 2 aromatic heterocycles. The second-order valence-electron chi connectivity index (χ2n) is 8.39. The Kier molecular flexibility index (Phi) is 7.45. The Balaban J connectivity index is 1.59. The summed E-state index contributed by atoms with van der Waals surface area (Å²) in [5, 5.41) is 14.8. The number of carbonyl (C=O) groups excluding carboxylic acids is 2. The molecule has 9 nitrogen and oxygen atoms in total. The molecule has 0 bridgehead atoms. The lowest BCUT2D eigenvalue weighted by Gasteiger charge is -2.12. The smallest absolute Gasteiger partial charge is 0.262 e. The molecule has 4 aromatic rings. The van der Waals surface area contributed by atoms with Crippen molar-refractivity contribution < 1.29 is 14.0 Å². The van der Waals surface area contributed by atoms with E-state index in [2.05, 4.69) is 20.8 Å². The normalized spacial score (nSPS) is 11.3. The number of amides is 2. The molecule has 2 heterocycles. The van der Waals surface area contributed by atoms with Crippen LogP contribution in [-0.4, -0.2) is 43.3 Å². The minimum absolute atomic E-state index is 0.00235. The van der Waals surface area contributed by atoms with Gasteiger partial charge in [-0.3, -0.25) is 23.4 Å². The van der Waals surface area contributed by atoms with Crippen molar-refractivity contribution in [2.24, 2.45) is 5.92 Å². The van der Waals surface area contributed by atoms with Crippen molar-refractivity contribution in [3.05, 3.63) is 64.7 Å². The van der Waals surface area contributed by atoms with Crippen molar-refractivity contribution in [1.29, 1.82) is 0 Å². The number of anilines is 1. The standard InChI is InChI=1S/C24H25FN6O3S/c1-15(2)13-26-20(32)10-11-30-22(34)18-8-3-4-9-19(18)31-23(30)28-29-24(31)35-14-21(33)27-17-7-5-6-16(25)12-17/h3-9,12,15H,10-11,13-14H2,1-2H3,(H,26,32)(H,27,33). The Hall–Kier alpha value is -3.73. The molecular formula is C24H25FN6O3S. The van der Waals surface area contributed by atoms with E-state index in [1.807, 2.05) is 13.8 Å². The molecule has 11 heteroatoms. The van der Waals surface area contributed by atoms with Gasteiger partial charge in [0.25, 0.3) is 5.56 Å². The van der Waals surface area contributed by atoms with E-state index >= 15 is 0 Å². The molecule has 4 rings (SSSR count). The zero-order valence-electron chi connectivity index (χ0n) is 19.3. The van der Waals surface area contributed by atoms with Crippen molar-refractivity contribution in [2.45, 2.75) is 32.0 Å². The Morgan fingerprint density at radius 1 is 1.09 bits per heavy atom. The highest BCUT2D eigenvalue weighted by atomic mass is 32.2. The topological polar surface area (TPSA) is 110 Å². The molecule has 0 saturated carbocycles. The molecule has 2 N–H and O–H groups in total. The van der Waals surface area contributed by atoms with Gasteiger partial charge in [0.1, 0.15) is 5.82 Å². The molecule has 35 heavy (non-hydrogen) atoms. The first-order chi connectivity index (χ1) is 16.8. The van der Waals surface area contributed by atoms with Crippen molar-refractivity contribution in [2.75, 3.05) is 17.6 Å². The maximum absolute atomic E-state index is 13.4. The van der Waals surface area contributed by atoms with E-state index < -0.39 is 5.82 Å². The van der Waals surface area contributed by atoms with Crippen molar-refractivity contribution in [3.8, 4) is 0 Å². The number of rotatable bonds is 9. The molecule has 0 radical (unpaired) electrons. The summed E-state index contributed by atoms with van der Waals surface area (Å²) < 4.78 is 16.5. The van der Waals surface area contributed by atoms with Gasteiger partial charge in [-0.2, -0.15) is 0 Å². The van der Waals surface area contributed by atoms with Gasteiger partial charge < -0.3 is 10.6 Å². The number of fused-ring (bicyclic) bond motifs is 3. The summed E-state index contributed by atoms with van der Waals surface area (Å²) in [5.74, 6) is -0.317. The van der Waals surface area contributed by atoms with E-state index in [0.29, 0.717) is 40.0 Å². The number of thioether (sulfide) groups is 1. The molecule has 0 aliphatic carbocycles. The molecule has 0 fully saturated rings. The fourth-order valence-electron chi connectivity index (χ4n) is 3.54. The minimum atomic E-state index is -0.443. The second kappa shape index (κ2) is 10.7. The third-order valence-electron chi connectivity index (χ3n) is 5.19. The zero-order chi connectivity index (χ0) is 24.9. The lowest BCUT2D eigenvalue weighted by atomic mass is 10.2. The fraction of sp³-hybridized carbons (Fsp3) is 0.292. The number of nitrogens with zero attached hydrogens (tertiary/aromatic N) is 4. The van der Waals surface area contributed by atoms with Crippen LogP contribution in [0.25, 0.3) is 16.7 Å². The predicted octanol–water partition coefficient (Wildman–Crippen LogP) is 3.08. The highest BCUT2D eigenvalue weighted by molar-refractivity contribution is 7.99. The van der Waals surface area contributed by atoms with E-state index in [1.165, 1.54) is 22.8 Å². The van der Waals surface area contributed by atoms with Crippen molar-refractivity contribution in [1.82, 2.24) is 24.5 Å². The maximum Gasteiger partial charge on any atom is 0.262 e. The van der Waals surface area contributed by atoms with Gasteiger partial charge in [-0.1, -0.05) is 43.8 Å². The molecule has 0 saturated heterocycles. The number of aromatic nitrogens is 4. The Morgan fingerprint density at radius 2 is 1.89 bits per heavy atom. The average molecular weight is 497 g/mol. The molecule has 2 amide bonds. The summed E-state index contributed by atoms with van der Waals surface area (Å²) in [6.45, 7) is 4.71. The summed E-state index contributed by atoms with van der Waals surface area (Å²) >= 11 is 1.14. The molecule has 0 aliphatic rings. The van der Waals surface area contributed by atoms with E-state index in [4.69, 9.17) is 0 Å². The van der Waals surface area contributed by atoms with Crippen LogP contribution in [0.15, 0.2) is 58.5 Å². The summed E-state index contributed by atoms with van der Waals surface area (Å²) in [6, 6.07) is 12.7. The summed E-state index contributed by atoms with van der Waals surface area (Å²) in [5.41, 5.74) is 0.695. The molecule has 182 valence electrons. The molecule has 0 spiro atoms. The van der Waals surface area contributed by atoms with Gasteiger partial charge >= 0.3 is 0 Å². The predicted molar refractivity (Wildman–Crippen MR) is 133 cm³/mol. The first-order valence-corrected chi connectivity index (χ1v) is 12.1. The Morgan fingerprint density at radius 3 is 2.66 bits per heavy atom. The number of para-hydroxylation sites is 1. The lowest BCUT2D eigenvalue weighted by molar-refractivity contribution is -0.121. The van der Waals surface area contributed by atoms with Gasteiger partial charge in [-0.15, -0.1) is 10.2 Å². The second-order valence-corrected chi connectivity index (χ2v) is 9.33. The van der Waals surface area contributed by atoms with Gasteiger partial charge in [-0.25, -0.2) is 4.39 Å². The SMILES string of the molecule is CC(C)CNC(=O)CCn1c(=O)c2ccccc2n2c(SCC(=O)Nc3cccc(F)c3)nnc12. The van der Waals surface area contributed by atoms with Crippen LogP contribution in [0.1, 0.15) is 20.3 Å². The number of hydrogen-bond donors (Lipinski definition) is 2. The average Bonchev–Trinajstić information content (AvgIpc) is 3.25. The summed E-state index contributed by atoms with van der Waals surface area (Å²) in [4.78, 5) is 37.8. The maximum atomic E-state index is 13.4. The Bertz CT molecular complexity index is 1450. The number of halogens is 1. The van der Waals surface area contributed by atoms with Crippen LogP contribution in [0, 0.1) is 11.7 Å². The number of hydrogen-bond acceptors (Lipinski definition) is 6. The number of benzene rings is 2. The third kappa shape index (κ3) is 5.68. The largest absolute Gasteiger partial charge is 0.356 e. The van der Waals surface area contributed by atoms with E-state index in [9.17, 15) is 18.8 Å². The van der Waals surface area contributed by atoms with E-state index in [-0.39, 0.29) is 36.1 Å². The van der Waals surface area contributed by atoms with Crippen LogP contribution in [0.2, 0.25) is 0 Å². The highest BCUT2D eigenvalue weighted by Crippen LogP contribution is 2.22. The first kappa shape index (κ1) is 24.4. The quantitative estimate of drug-likeness (QED) is 0.345. The van der Waals surface area contributed by atoms with E-state index in [0.717, 1.165) is 11.8 Å².